The molecule has 1 aromatic rings. The standard InChI is InChI=1S/C15H25NO/c1-14(2,3)12-9-11(15(4,5)10-16)7-8-13(12)17-6/h7-9H,10,16H2,1-6H3. The van der Waals surface area contributed by atoms with E-state index in [4.69, 9.17) is 10.5 Å². The summed E-state index contributed by atoms with van der Waals surface area (Å²) in [5.74, 6) is 0.953. The van der Waals surface area contributed by atoms with E-state index >= 15 is 0 Å². The normalized spacial score (nSPS) is 12.6. The maximum absolute atomic E-state index is 5.84. The van der Waals surface area contributed by atoms with E-state index < -0.39 is 0 Å². The van der Waals surface area contributed by atoms with Gasteiger partial charge in [0.15, 0.2) is 0 Å². The molecule has 2 N–H and O–H groups in total. The minimum absolute atomic E-state index is 0.00622. The summed E-state index contributed by atoms with van der Waals surface area (Å²) in [6.45, 7) is 11.6. The van der Waals surface area contributed by atoms with Crippen molar-refractivity contribution < 1.29 is 4.74 Å². The molecule has 0 unspecified atom stereocenters. The van der Waals surface area contributed by atoms with Crippen molar-refractivity contribution in [3.63, 3.8) is 0 Å². The Morgan fingerprint density at radius 2 is 1.71 bits per heavy atom. The van der Waals surface area contributed by atoms with Gasteiger partial charge in [-0.1, -0.05) is 46.8 Å². The van der Waals surface area contributed by atoms with Crippen molar-refractivity contribution in [1.82, 2.24) is 0 Å². The second-order valence-corrected chi connectivity index (χ2v) is 6.25. The van der Waals surface area contributed by atoms with E-state index in [9.17, 15) is 0 Å². The highest BCUT2D eigenvalue weighted by Gasteiger charge is 2.24. The summed E-state index contributed by atoms with van der Waals surface area (Å²) >= 11 is 0. The van der Waals surface area contributed by atoms with Crippen molar-refractivity contribution >= 4 is 0 Å². The van der Waals surface area contributed by atoms with E-state index in [2.05, 4.69) is 46.8 Å². The topological polar surface area (TPSA) is 35.2 Å². The van der Waals surface area contributed by atoms with E-state index in [1.807, 2.05) is 6.07 Å². The fourth-order valence-electron chi connectivity index (χ4n) is 1.83. The molecular weight excluding hydrogens is 210 g/mol. The van der Waals surface area contributed by atoms with Crippen LogP contribution in [0.15, 0.2) is 18.2 Å². The molecule has 0 aromatic heterocycles. The lowest BCUT2D eigenvalue weighted by molar-refractivity contribution is 0.396. The first-order valence-electron chi connectivity index (χ1n) is 6.11. The molecule has 0 spiro atoms. The molecular formula is C15H25NO. The van der Waals surface area contributed by atoms with E-state index in [0.717, 1.165) is 5.75 Å². The maximum atomic E-state index is 5.84. The van der Waals surface area contributed by atoms with Crippen LogP contribution in [0.3, 0.4) is 0 Å². The number of ether oxygens (including phenoxy) is 1. The molecule has 2 nitrogen and oxygen atoms in total. The molecule has 96 valence electrons. The Bertz CT molecular complexity index is 388. The highest BCUT2D eigenvalue weighted by molar-refractivity contribution is 5.43. The highest BCUT2D eigenvalue weighted by atomic mass is 16.5. The summed E-state index contributed by atoms with van der Waals surface area (Å²) in [6, 6.07) is 6.39. The first-order valence-corrected chi connectivity index (χ1v) is 6.11. The van der Waals surface area contributed by atoms with Crippen LogP contribution in [0.5, 0.6) is 5.75 Å². The zero-order valence-electron chi connectivity index (χ0n) is 11.9. The van der Waals surface area contributed by atoms with Gasteiger partial charge in [0.05, 0.1) is 7.11 Å². The molecule has 0 saturated carbocycles. The van der Waals surface area contributed by atoms with Crippen LogP contribution in [0, 0.1) is 0 Å². The fourth-order valence-corrected chi connectivity index (χ4v) is 1.83. The Labute approximate surface area is 105 Å². The Morgan fingerprint density at radius 3 is 2.12 bits per heavy atom. The first kappa shape index (κ1) is 14.0. The minimum atomic E-state index is 0.00622. The van der Waals surface area contributed by atoms with Crippen LogP contribution in [0.4, 0.5) is 0 Å². The SMILES string of the molecule is COc1ccc(C(C)(C)CN)cc1C(C)(C)C. The largest absolute Gasteiger partial charge is 0.496 e. The summed E-state index contributed by atoms with van der Waals surface area (Å²) in [6.07, 6.45) is 0. The monoisotopic (exact) mass is 235 g/mol. The molecule has 0 aliphatic rings. The molecule has 1 rings (SSSR count). The van der Waals surface area contributed by atoms with E-state index in [1.54, 1.807) is 7.11 Å². The molecule has 0 saturated heterocycles. The number of methoxy groups -OCH3 is 1. The third-order valence-corrected chi connectivity index (χ3v) is 3.30. The minimum Gasteiger partial charge on any atom is -0.496 e. The number of rotatable bonds is 3. The molecule has 0 aliphatic carbocycles. The quantitative estimate of drug-likeness (QED) is 0.873. The fraction of sp³-hybridized carbons (Fsp3) is 0.600. The first-order chi connectivity index (χ1) is 7.72. The Hall–Kier alpha value is -1.02. The van der Waals surface area contributed by atoms with Gasteiger partial charge in [0.1, 0.15) is 5.75 Å². The maximum Gasteiger partial charge on any atom is 0.122 e. The van der Waals surface area contributed by atoms with Crippen molar-refractivity contribution in [1.29, 1.82) is 0 Å². The van der Waals surface area contributed by atoms with Gasteiger partial charge in [-0.2, -0.15) is 0 Å². The molecule has 0 aliphatic heterocycles. The predicted octanol–water partition coefficient (Wildman–Crippen LogP) is 3.23. The van der Waals surface area contributed by atoms with Crippen molar-refractivity contribution in [2.75, 3.05) is 13.7 Å². The second-order valence-electron chi connectivity index (χ2n) is 6.25. The number of hydrogen-bond donors (Lipinski definition) is 1. The third kappa shape index (κ3) is 3.01. The van der Waals surface area contributed by atoms with Crippen LogP contribution in [-0.2, 0) is 10.8 Å². The molecule has 0 heterocycles. The van der Waals surface area contributed by atoms with Crippen LogP contribution in [-0.4, -0.2) is 13.7 Å². The molecule has 2 heteroatoms. The van der Waals surface area contributed by atoms with E-state index in [0.29, 0.717) is 6.54 Å². The van der Waals surface area contributed by atoms with Crippen LogP contribution < -0.4 is 10.5 Å². The lowest BCUT2D eigenvalue weighted by Crippen LogP contribution is -2.28. The van der Waals surface area contributed by atoms with Gasteiger partial charge in [0, 0.05) is 12.0 Å². The summed E-state index contributed by atoms with van der Waals surface area (Å²) in [7, 11) is 1.72. The van der Waals surface area contributed by atoms with E-state index in [1.165, 1.54) is 11.1 Å². The lowest BCUT2D eigenvalue weighted by atomic mass is 9.79. The lowest BCUT2D eigenvalue weighted by Gasteiger charge is -2.28. The average Bonchev–Trinajstić information content (AvgIpc) is 2.27. The van der Waals surface area contributed by atoms with Crippen molar-refractivity contribution in [2.45, 2.75) is 45.4 Å². The van der Waals surface area contributed by atoms with Crippen LogP contribution in [0.1, 0.15) is 45.7 Å². The van der Waals surface area contributed by atoms with Crippen LogP contribution in [0.25, 0.3) is 0 Å². The van der Waals surface area contributed by atoms with Gasteiger partial charge in [-0.25, -0.2) is 0 Å². The van der Waals surface area contributed by atoms with Crippen LogP contribution in [0.2, 0.25) is 0 Å². The number of nitrogens with two attached hydrogens (primary N) is 1. The Balaban J connectivity index is 3.33. The molecule has 1 aromatic carbocycles. The Morgan fingerprint density at radius 1 is 1.12 bits per heavy atom. The molecule has 0 fully saturated rings. The van der Waals surface area contributed by atoms with Gasteiger partial charge < -0.3 is 10.5 Å². The van der Waals surface area contributed by atoms with Gasteiger partial charge in [-0.3, -0.25) is 0 Å². The number of hydrogen-bond acceptors (Lipinski definition) is 2. The molecule has 0 radical (unpaired) electrons. The van der Waals surface area contributed by atoms with Gasteiger partial charge in [0.25, 0.3) is 0 Å². The average molecular weight is 235 g/mol. The number of benzene rings is 1. The highest BCUT2D eigenvalue weighted by Crippen LogP contribution is 2.35. The van der Waals surface area contributed by atoms with Gasteiger partial charge in [-0.15, -0.1) is 0 Å². The molecule has 0 amide bonds. The van der Waals surface area contributed by atoms with E-state index in [-0.39, 0.29) is 10.8 Å². The smallest absolute Gasteiger partial charge is 0.122 e. The predicted molar refractivity (Wildman–Crippen MR) is 73.8 cm³/mol. The van der Waals surface area contributed by atoms with Crippen molar-refractivity contribution in [3.05, 3.63) is 29.3 Å². The molecule has 0 atom stereocenters. The zero-order chi connectivity index (χ0) is 13.3. The van der Waals surface area contributed by atoms with Gasteiger partial charge in [-0.05, 0) is 22.6 Å². The van der Waals surface area contributed by atoms with Crippen molar-refractivity contribution in [3.8, 4) is 5.75 Å². The Kier molecular flexibility index (Phi) is 3.88. The third-order valence-electron chi connectivity index (χ3n) is 3.30. The zero-order valence-corrected chi connectivity index (χ0v) is 11.9. The van der Waals surface area contributed by atoms with Gasteiger partial charge in [0.2, 0.25) is 0 Å². The summed E-state index contributed by atoms with van der Waals surface area (Å²) in [5.41, 5.74) is 8.42. The van der Waals surface area contributed by atoms with Gasteiger partial charge >= 0.3 is 0 Å². The molecule has 0 bridgehead atoms. The summed E-state index contributed by atoms with van der Waals surface area (Å²) in [5, 5.41) is 0. The summed E-state index contributed by atoms with van der Waals surface area (Å²) in [4.78, 5) is 0. The second kappa shape index (κ2) is 4.69. The summed E-state index contributed by atoms with van der Waals surface area (Å²) < 4.78 is 5.44. The molecule has 17 heavy (non-hydrogen) atoms. The van der Waals surface area contributed by atoms with Crippen molar-refractivity contribution in [2.24, 2.45) is 5.73 Å². The van der Waals surface area contributed by atoms with Crippen LogP contribution >= 0.6 is 0 Å².